The van der Waals surface area contributed by atoms with Crippen LogP contribution in [0.15, 0.2) is 47.2 Å². The van der Waals surface area contributed by atoms with Crippen molar-refractivity contribution in [3.8, 4) is 0 Å². The summed E-state index contributed by atoms with van der Waals surface area (Å²) in [5.41, 5.74) is 0.815. The van der Waals surface area contributed by atoms with E-state index in [-0.39, 0.29) is 29.9 Å². The first-order chi connectivity index (χ1) is 14.2. The lowest BCUT2D eigenvalue weighted by molar-refractivity contribution is 0.0383. The summed E-state index contributed by atoms with van der Waals surface area (Å²) in [6.45, 7) is 4.66. The van der Waals surface area contributed by atoms with Crippen molar-refractivity contribution in [2.24, 2.45) is 0 Å². The first kappa shape index (κ1) is 19.2. The van der Waals surface area contributed by atoms with Crippen LogP contribution in [-0.2, 0) is 11.3 Å². The molecule has 2 amide bonds. The number of hydrogen-bond acceptors (Lipinski definition) is 6. The van der Waals surface area contributed by atoms with E-state index in [0.29, 0.717) is 17.8 Å². The Morgan fingerprint density at radius 3 is 2.72 bits per heavy atom. The minimum Gasteiger partial charge on any atom is -0.467 e. The Morgan fingerprint density at radius 2 is 1.93 bits per heavy atom. The molecule has 0 aromatic carbocycles. The molecule has 9 nitrogen and oxygen atoms in total. The van der Waals surface area contributed by atoms with Crippen LogP contribution in [0.2, 0.25) is 0 Å². The number of nitrogens with one attached hydrogen (secondary N) is 2. The fourth-order valence-corrected chi connectivity index (χ4v) is 3.26. The lowest BCUT2D eigenvalue weighted by Crippen LogP contribution is -2.41. The summed E-state index contributed by atoms with van der Waals surface area (Å²) in [5.74, 6) is 0.118. The molecule has 1 fully saturated rings. The van der Waals surface area contributed by atoms with Gasteiger partial charge in [-0.3, -0.25) is 18.9 Å². The third-order valence-corrected chi connectivity index (χ3v) is 4.79. The number of imidazole rings is 1. The lowest BCUT2D eigenvalue weighted by Gasteiger charge is -2.26. The number of carbonyl (C=O) groups is 2. The van der Waals surface area contributed by atoms with Gasteiger partial charge in [0.25, 0.3) is 11.8 Å². The van der Waals surface area contributed by atoms with Gasteiger partial charge < -0.3 is 19.8 Å². The van der Waals surface area contributed by atoms with Gasteiger partial charge in [-0.25, -0.2) is 4.98 Å². The Labute approximate surface area is 167 Å². The average Bonchev–Trinajstić information content (AvgIpc) is 3.41. The summed E-state index contributed by atoms with van der Waals surface area (Å²) in [4.78, 5) is 31.9. The van der Waals surface area contributed by atoms with Crippen LogP contribution in [0.1, 0.15) is 26.9 Å². The Kier molecular flexibility index (Phi) is 5.87. The van der Waals surface area contributed by atoms with Gasteiger partial charge in [0.05, 0.1) is 31.5 Å². The number of hydrogen-bond donors (Lipinski definition) is 2. The van der Waals surface area contributed by atoms with E-state index in [9.17, 15) is 9.59 Å². The van der Waals surface area contributed by atoms with E-state index < -0.39 is 0 Å². The molecule has 0 atom stereocenters. The third kappa shape index (κ3) is 4.47. The zero-order valence-corrected chi connectivity index (χ0v) is 16.0. The van der Waals surface area contributed by atoms with Crippen LogP contribution in [0.25, 0.3) is 5.52 Å². The Morgan fingerprint density at radius 1 is 1.07 bits per heavy atom. The van der Waals surface area contributed by atoms with Crippen LogP contribution in [0, 0.1) is 0 Å². The smallest absolute Gasteiger partial charge is 0.288 e. The number of pyridine rings is 1. The molecule has 0 unspecified atom stereocenters. The fourth-order valence-electron chi connectivity index (χ4n) is 3.26. The van der Waals surface area contributed by atoms with Gasteiger partial charge in [-0.05, 0) is 24.3 Å². The number of ether oxygens (including phenoxy) is 1. The van der Waals surface area contributed by atoms with Gasteiger partial charge in [-0.2, -0.15) is 0 Å². The van der Waals surface area contributed by atoms with Crippen molar-refractivity contribution in [3.05, 3.63) is 60.1 Å². The van der Waals surface area contributed by atoms with Crippen molar-refractivity contribution in [2.45, 2.75) is 6.54 Å². The van der Waals surface area contributed by atoms with E-state index in [0.717, 1.165) is 32.8 Å². The largest absolute Gasteiger partial charge is 0.467 e. The molecule has 3 aromatic heterocycles. The number of carbonyl (C=O) groups excluding carboxylic acids is 2. The first-order valence-corrected chi connectivity index (χ1v) is 9.58. The summed E-state index contributed by atoms with van der Waals surface area (Å²) in [6, 6.07) is 8.90. The molecule has 1 aliphatic rings. The molecule has 4 rings (SSSR count). The van der Waals surface area contributed by atoms with Crippen LogP contribution >= 0.6 is 0 Å². The molecule has 0 saturated carbocycles. The molecule has 0 radical (unpaired) electrons. The highest BCUT2D eigenvalue weighted by molar-refractivity contribution is 6.02. The molecule has 0 spiro atoms. The maximum atomic E-state index is 12.7. The second-order valence-corrected chi connectivity index (χ2v) is 6.71. The van der Waals surface area contributed by atoms with Crippen LogP contribution in [0.3, 0.4) is 0 Å². The second-order valence-electron chi connectivity index (χ2n) is 6.71. The highest BCUT2D eigenvalue weighted by Gasteiger charge is 2.21. The first-order valence-electron chi connectivity index (χ1n) is 9.58. The van der Waals surface area contributed by atoms with Crippen molar-refractivity contribution in [1.29, 1.82) is 0 Å². The lowest BCUT2D eigenvalue weighted by atomic mass is 10.3. The maximum absolute atomic E-state index is 12.7. The number of furan rings is 1. The van der Waals surface area contributed by atoms with Crippen LogP contribution in [0.4, 0.5) is 0 Å². The Hall–Kier alpha value is -3.17. The minimum atomic E-state index is -0.380. The fraction of sp³-hybridized carbons (Fsp3) is 0.350. The number of amides is 2. The molecule has 4 heterocycles. The van der Waals surface area contributed by atoms with E-state index in [2.05, 4.69) is 20.5 Å². The molecule has 0 bridgehead atoms. The van der Waals surface area contributed by atoms with E-state index >= 15 is 0 Å². The monoisotopic (exact) mass is 397 g/mol. The van der Waals surface area contributed by atoms with Gasteiger partial charge in [0.1, 0.15) is 5.76 Å². The molecule has 2 N–H and O–H groups in total. The molecule has 29 heavy (non-hydrogen) atoms. The zero-order chi connectivity index (χ0) is 20.1. The number of rotatable bonds is 7. The highest BCUT2D eigenvalue weighted by atomic mass is 16.5. The van der Waals surface area contributed by atoms with E-state index in [1.807, 2.05) is 6.07 Å². The number of nitrogens with zero attached hydrogens (tertiary/aromatic N) is 3. The number of aromatic nitrogens is 2. The average molecular weight is 397 g/mol. The molecule has 1 saturated heterocycles. The molecule has 3 aromatic rings. The predicted octanol–water partition coefficient (Wildman–Crippen LogP) is 0.919. The van der Waals surface area contributed by atoms with Gasteiger partial charge >= 0.3 is 0 Å². The van der Waals surface area contributed by atoms with Gasteiger partial charge in [0.2, 0.25) is 5.82 Å². The van der Waals surface area contributed by atoms with Crippen LogP contribution in [-0.4, -0.2) is 65.5 Å². The normalized spacial score (nSPS) is 14.8. The van der Waals surface area contributed by atoms with Crippen molar-refractivity contribution >= 4 is 17.3 Å². The van der Waals surface area contributed by atoms with E-state index in [4.69, 9.17) is 9.15 Å². The standard InChI is InChI=1S/C20H23N5O4/c26-19(21-6-8-24-9-12-28-13-10-24)17-16-5-1-2-7-25(16)18(23-17)20(27)22-14-15-4-3-11-29-15/h1-5,7,11H,6,8-10,12-14H2,(H,21,26)(H,22,27). The van der Waals surface area contributed by atoms with Crippen molar-refractivity contribution in [2.75, 3.05) is 39.4 Å². The van der Waals surface area contributed by atoms with E-state index in [1.165, 1.54) is 0 Å². The Bertz CT molecular complexity index is 976. The zero-order valence-electron chi connectivity index (χ0n) is 16.0. The van der Waals surface area contributed by atoms with Gasteiger partial charge in [-0.1, -0.05) is 6.07 Å². The predicted molar refractivity (Wildman–Crippen MR) is 105 cm³/mol. The molecule has 152 valence electrons. The molecule has 1 aliphatic heterocycles. The summed E-state index contributed by atoms with van der Waals surface area (Å²) < 4.78 is 12.2. The van der Waals surface area contributed by atoms with Crippen molar-refractivity contribution < 1.29 is 18.7 Å². The van der Waals surface area contributed by atoms with Crippen molar-refractivity contribution in [3.63, 3.8) is 0 Å². The van der Waals surface area contributed by atoms with E-state index in [1.54, 1.807) is 41.1 Å². The summed E-state index contributed by atoms with van der Waals surface area (Å²) in [5, 5.41) is 5.67. The number of morpholine rings is 1. The van der Waals surface area contributed by atoms with Gasteiger partial charge in [0.15, 0.2) is 5.69 Å². The quantitative estimate of drug-likeness (QED) is 0.615. The summed E-state index contributed by atoms with van der Waals surface area (Å²) in [6.07, 6.45) is 3.26. The summed E-state index contributed by atoms with van der Waals surface area (Å²) >= 11 is 0. The molecular formula is C20H23N5O4. The molecule has 0 aliphatic carbocycles. The minimum absolute atomic E-state index is 0.158. The topological polar surface area (TPSA) is 101 Å². The summed E-state index contributed by atoms with van der Waals surface area (Å²) in [7, 11) is 0. The van der Waals surface area contributed by atoms with Gasteiger partial charge in [0, 0.05) is 32.4 Å². The van der Waals surface area contributed by atoms with Crippen LogP contribution < -0.4 is 10.6 Å². The molecular weight excluding hydrogens is 374 g/mol. The van der Waals surface area contributed by atoms with Crippen LogP contribution in [0.5, 0.6) is 0 Å². The Balaban J connectivity index is 1.44. The maximum Gasteiger partial charge on any atom is 0.288 e. The SMILES string of the molecule is O=C(NCCN1CCOCC1)c1nc(C(=O)NCc2ccco2)n2ccccc12. The van der Waals surface area contributed by atoms with Crippen molar-refractivity contribution in [1.82, 2.24) is 24.9 Å². The number of fused-ring (bicyclic) bond motifs is 1. The third-order valence-electron chi connectivity index (χ3n) is 4.79. The second kappa shape index (κ2) is 8.89. The highest BCUT2D eigenvalue weighted by Crippen LogP contribution is 2.13. The van der Waals surface area contributed by atoms with Gasteiger partial charge in [-0.15, -0.1) is 0 Å². The molecule has 9 heteroatoms.